The molecule has 0 saturated carbocycles. The summed E-state index contributed by atoms with van der Waals surface area (Å²) in [6.07, 6.45) is 2.24. The average Bonchev–Trinajstić information content (AvgIpc) is 2.01. The number of fused-ring (bicyclic) bond motifs is 2. The molecule has 12 heavy (non-hydrogen) atoms. The molecule has 3 N–H and O–H groups in total. The van der Waals surface area contributed by atoms with Crippen molar-refractivity contribution >= 4 is 0 Å². The van der Waals surface area contributed by atoms with Gasteiger partial charge in [-0.3, -0.25) is 0 Å². The summed E-state index contributed by atoms with van der Waals surface area (Å²) in [4.78, 5) is 0. The van der Waals surface area contributed by atoms with Gasteiger partial charge in [0.15, 0.2) is 0 Å². The van der Waals surface area contributed by atoms with Crippen LogP contribution in [0.15, 0.2) is 6.07 Å². The highest BCUT2D eigenvalue weighted by Crippen LogP contribution is 2.41. The van der Waals surface area contributed by atoms with Gasteiger partial charge in [0.1, 0.15) is 17.2 Å². The zero-order chi connectivity index (χ0) is 8.72. The summed E-state index contributed by atoms with van der Waals surface area (Å²) in [5, 5.41) is 28.1. The maximum absolute atomic E-state index is 9.49. The van der Waals surface area contributed by atoms with Crippen molar-refractivity contribution in [1.82, 2.24) is 0 Å². The Labute approximate surface area is 69.9 Å². The zero-order valence-electron chi connectivity index (χ0n) is 6.54. The van der Waals surface area contributed by atoms with E-state index in [4.69, 9.17) is 0 Å². The van der Waals surface area contributed by atoms with Gasteiger partial charge in [0.25, 0.3) is 0 Å². The Morgan fingerprint density at radius 1 is 0.917 bits per heavy atom. The maximum Gasteiger partial charge on any atom is 0.129 e. The van der Waals surface area contributed by atoms with E-state index in [1.54, 1.807) is 0 Å². The minimum Gasteiger partial charge on any atom is -0.507 e. The number of rotatable bonds is 0. The molecule has 1 aliphatic rings. The number of aromatic hydroxyl groups is 3. The fourth-order valence-electron chi connectivity index (χ4n) is 1.66. The third kappa shape index (κ3) is 0.826. The van der Waals surface area contributed by atoms with Crippen LogP contribution in [0.25, 0.3) is 0 Å². The van der Waals surface area contributed by atoms with Gasteiger partial charge in [0.05, 0.1) is 0 Å². The molecule has 0 aliphatic heterocycles. The van der Waals surface area contributed by atoms with Gasteiger partial charge in [-0.05, 0) is 19.3 Å². The minimum atomic E-state index is -0.00606. The fraction of sp³-hybridized carbons (Fsp3) is 0.333. The molecule has 2 bridgehead atoms. The lowest BCUT2D eigenvalue weighted by Crippen LogP contribution is -2.01. The van der Waals surface area contributed by atoms with Crippen LogP contribution in [0.3, 0.4) is 0 Å². The monoisotopic (exact) mass is 166 g/mol. The van der Waals surface area contributed by atoms with Crippen LogP contribution in [-0.4, -0.2) is 15.3 Å². The highest BCUT2D eigenvalue weighted by atomic mass is 16.3. The quantitative estimate of drug-likeness (QED) is 0.544. The number of phenolic OH excluding ortho intramolecular Hbond substituents is 3. The molecule has 0 saturated heterocycles. The van der Waals surface area contributed by atoms with Crippen molar-refractivity contribution in [2.24, 2.45) is 0 Å². The second-order valence-corrected chi connectivity index (χ2v) is 3.07. The van der Waals surface area contributed by atoms with Gasteiger partial charge in [-0.2, -0.15) is 0 Å². The van der Waals surface area contributed by atoms with Crippen molar-refractivity contribution in [3.8, 4) is 17.2 Å². The van der Waals surface area contributed by atoms with E-state index < -0.39 is 0 Å². The maximum atomic E-state index is 9.49. The summed E-state index contributed by atoms with van der Waals surface area (Å²) < 4.78 is 0. The first-order valence-corrected chi connectivity index (χ1v) is 3.96. The van der Waals surface area contributed by atoms with Gasteiger partial charge in [0, 0.05) is 17.2 Å². The predicted octanol–water partition coefficient (Wildman–Crippen LogP) is 1.29. The Hall–Kier alpha value is -1.38. The Balaban J connectivity index is 2.72. The molecule has 1 aliphatic carbocycles. The second-order valence-electron chi connectivity index (χ2n) is 3.07. The van der Waals surface area contributed by atoms with E-state index in [2.05, 4.69) is 0 Å². The van der Waals surface area contributed by atoms with Crippen LogP contribution in [0.1, 0.15) is 17.5 Å². The molecule has 64 valence electrons. The van der Waals surface area contributed by atoms with Crippen molar-refractivity contribution < 1.29 is 15.3 Å². The van der Waals surface area contributed by atoms with Crippen LogP contribution in [0.5, 0.6) is 17.2 Å². The van der Waals surface area contributed by atoms with Gasteiger partial charge in [0.2, 0.25) is 0 Å². The van der Waals surface area contributed by atoms with Gasteiger partial charge in [-0.1, -0.05) is 0 Å². The normalized spacial score (nSPS) is 14.7. The summed E-state index contributed by atoms with van der Waals surface area (Å²) in [6.45, 7) is 0. The first kappa shape index (κ1) is 7.28. The minimum absolute atomic E-state index is 0.00606. The SMILES string of the molecule is Oc1cc(O)c2c(O)c1CCC2. The molecule has 3 heteroatoms. The van der Waals surface area contributed by atoms with Crippen molar-refractivity contribution in [1.29, 1.82) is 0 Å². The Morgan fingerprint density at radius 2 is 1.42 bits per heavy atom. The van der Waals surface area contributed by atoms with E-state index in [9.17, 15) is 15.3 Å². The van der Waals surface area contributed by atoms with Crippen molar-refractivity contribution in [3.05, 3.63) is 17.2 Å². The Kier molecular flexibility index (Phi) is 1.40. The van der Waals surface area contributed by atoms with Gasteiger partial charge in [-0.15, -0.1) is 0 Å². The lowest BCUT2D eigenvalue weighted by molar-refractivity contribution is 0.400. The van der Waals surface area contributed by atoms with Crippen LogP contribution < -0.4 is 0 Å². The standard InChI is InChI=1S/C9H10O3/c10-7-4-8(11)6-3-1-2-5(7)9(6)12/h4,10-12H,1-3H2. The van der Waals surface area contributed by atoms with Gasteiger partial charge in [-0.25, -0.2) is 0 Å². The zero-order valence-corrected chi connectivity index (χ0v) is 6.54. The van der Waals surface area contributed by atoms with Crippen LogP contribution in [0.4, 0.5) is 0 Å². The largest absolute Gasteiger partial charge is 0.507 e. The van der Waals surface area contributed by atoms with E-state index in [0.29, 0.717) is 24.0 Å². The number of hydrogen-bond acceptors (Lipinski definition) is 3. The molecule has 0 unspecified atom stereocenters. The predicted molar refractivity (Wildman–Crippen MR) is 43.5 cm³/mol. The van der Waals surface area contributed by atoms with E-state index in [-0.39, 0.29) is 17.2 Å². The summed E-state index contributed by atoms with van der Waals surface area (Å²) in [6, 6.07) is 1.30. The first-order chi connectivity index (χ1) is 5.70. The fourth-order valence-corrected chi connectivity index (χ4v) is 1.66. The first-order valence-electron chi connectivity index (χ1n) is 3.96. The van der Waals surface area contributed by atoms with Crippen molar-refractivity contribution in [2.45, 2.75) is 19.3 Å². The third-order valence-electron chi connectivity index (χ3n) is 2.32. The highest BCUT2D eigenvalue weighted by Gasteiger charge is 2.20. The van der Waals surface area contributed by atoms with Crippen molar-refractivity contribution in [3.63, 3.8) is 0 Å². The molecule has 1 aromatic carbocycles. The number of hydrogen-bond donors (Lipinski definition) is 3. The average molecular weight is 166 g/mol. The van der Waals surface area contributed by atoms with Crippen LogP contribution in [0, 0.1) is 0 Å². The summed E-state index contributed by atoms with van der Waals surface area (Å²) in [5.74, 6) is 0.0562. The third-order valence-corrected chi connectivity index (χ3v) is 2.32. The van der Waals surface area contributed by atoms with Gasteiger partial charge >= 0.3 is 0 Å². The molecule has 0 aromatic heterocycles. The topological polar surface area (TPSA) is 60.7 Å². The van der Waals surface area contributed by atoms with Crippen LogP contribution in [0.2, 0.25) is 0 Å². The lowest BCUT2D eigenvalue weighted by atomic mass is 9.92. The molecular weight excluding hydrogens is 156 g/mol. The second kappa shape index (κ2) is 2.30. The molecule has 0 spiro atoms. The molecule has 2 rings (SSSR count). The summed E-state index contributed by atoms with van der Waals surface area (Å²) in [5.41, 5.74) is 1.13. The lowest BCUT2D eigenvalue weighted by Gasteiger charge is -2.17. The molecule has 0 fully saturated rings. The number of benzene rings is 1. The van der Waals surface area contributed by atoms with Crippen LogP contribution in [-0.2, 0) is 12.8 Å². The van der Waals surface area contributed by atoms with Gasteiger partial charge < -0.3 is 15.3 Å². The molecule has 0 atom stereocenters. The van der Waals surface area contributed by atoms with E-state index >= 15 is 0 Å². The molecule has 3 nitrogen and oxygen atoms in total. The van der Waals surface area contributed by atoms with Crippen molar-refractivity contribution in [2.75, 3.05) is 0 Å². The van der Waals surface area contributed by atoms with Crippen LogP contribution >= 0.6 is 0 Å². The Morgan fingerprint density at radius 3 is 1.92 bits per heavy atom. The molecule has 0 amide bonds. The van der Waals surface area contributed by atoms with E-state index in [1.165, 1.54) is 6.07 Å². The summed E-state index contributed by atoms with van der Waals surface area (Å²) in [7, 11) is 0. The Bertz CT molecular complexity index is 303. The highest BCUT2D eigenvalue weighted by molar-refractivity contribution is 5.57. The van der Waals surface area contributed by atoms with E-state index in [1.807, 2.05) is 0 Å². The molecule has 0 radical (unpaired) electrons. The smallest absolute Gasteiger partial charge is 0.129 e. The molecule has 1 aromatic rings. The van der Waals surface area contributed by atoms with E-state index in [0.717, 1.165) is 6.42 Å². The molecule has 0 heterocycles. The number of phenols is 3. The summed E-state index contributed by atoms with van der Waals surface area (Å²) >= 11 is 0. The molecular formula is C9H10O3.